The fourth-order valence-corrected chi connectivity index (χ4v) is 3.39. The third-order valence-electron chi connectivity index (χ3n) is 5.02. The minimum Gasteiger partial charge on any atom is -0.493 e. The first-order valence-electron chi connectivity index (χ1n) is 9.55. The molecule has 0 radical (unpaired) electrons. The molecule has 3 rings (SSSR count). The molecule has 1 aliphatic rings. The second kappa shape index (κ2) is 9.23. The molecule has 10 heteroatoms. The number of piperazine rings is 1. The summed E-state index contributed by atoms with van der Waals surface area (Å²) in [5.41, 5.74) is 0.150. The van der Waals surface area contributed by atoms with Crippen molar-refractivity contribution >= 4 is 17.4 Å². The van der Waals surface area contributed by atoms with Crippen LogP contribution in [0.1, 0.15) is 5.56 Å². The number of carbonyl (C=O) groups excluding carboxylic acids is 1. The first-order chi connectivity index (χ1) is 14.8. The summed E-state index contributed by atoms with van der Waals surface area (Å²) in [5.74, 6) is 1.55. The van der Waals surface area contributed by atoms with E-state index < -0.39 is 17.8 Å². The summed E-state index contributed by atoms with van der Waals surface area (Å²) in [6.07, 6.45) is -4.47. The first kappa shape index (κ1) is 22.4. The van der Waals surface area contributed by atoms with Gasteiger partial charge in [0.15, 0.2) is 11.5 Å². The zero-order chi connectivity index (χ0) is 22.6. The number of carbonyl (C=O) groups is 1. The van der Waals surface area contributed by atoms with Crippen LogP contribution in [0.4, 0.5) is 29.3 Å². The Bertz CT molecular complexity index is 903. The second-order valence-electron chi connectivity index (χ2n) is 6.87. The smallest absolute Gasteiger partial charge is 0.416 e. The van der Waals surface area contributed by atoms with Gasteiger partial charge >= 0.3 is 12.2 Å². The van der Waals surface area contributed by atoms with Crippen molar-refractivity contribution in [1.29, 1.82) is 0 Å². The van der Waals surface area contributed by atoms with Crippen LogP contribution in [0, 0.1) is 0 Å². The molecule has 0 atom stereocenters. The molecule has 168 valence electrons. The lowest BCUT2D eigenvalue weighted by Crippen LogP contribution is -2.50. The van der Waals surface area contributed by atoms with Gasteiger partial charge in [-0.25, -0.2) is 4.79 Å². The number of urea groups is 1. The van der Waals surface area contributed by atoms with Crippen molar-refractivity contribution in [2.75, 3.05) is 57.7 Å². The normalized spacial score (nSPS) is 14.3. The summed E-state index contributed by atoms with van der Waals surface area (Å²) in [4.78, 5) is 16.1. The zero-order valence-electron chi connectivity index (χ0n) is 17.5. The molecule has 31 heavy (non-hydrogen) atoms. The van der Waals surface area contributed by atoms with E-state index >= 15 is 0 Å². The van der Waals surface area contributed by atoms with Gasteiger partial charge in [0.05, 0.1) is 26.9 Å². The SMILES string of the molecule is COc1cc(N2CCN(C(=O)Nc3cccc(C(F)(F)F)c3)CC2)cc(OC)c1OC. The van der Waals surface area contributed by atoms with Crippen molar-refractivity contribution in [2.24, 2.45) is 0 Å². The van der Waals surface area contributed by atoms with Crippen LogP contribution in [0.15, 0.2) is 36.4 Å². The monoisotopic (exact) mass is 439 g/mol. The maximum absolute atomic E-state index is 12.9. The van der Waals surface area contributed by atoms with E-state index in [1.165, 1.54) is 33.5 Å². The molecule has 0 saturated carbocycles. The van der Waals surface area contributed by atoms with Gasteiger partial charge in [-0.1, -0.05) is 6.07 Å². The summed E-state index contributed by atoms with van der Waals surface area (Å²) >= 11 is 0. The topological polar surface area (TPSA) is 63.3 Å². The van der Waals surface area contributed by atoms with Crippen LogP contribution in [-0.4, -0.2) is 58.4 Å². The molecule has 1 aliphatic heterocycles. The number of benzene rings is 2. The number of amides is 2. The Morgan fingerprint density at radius 1 is 0.935 bits per heavy atom. The number of hydrogen-bond donors (Lipinski definition) is 1. The molecule has 0 spiro atoms. The molecule has 0 aliphatic carbocycles. The molecule has 1 fully saturated rings. The largest absolute Gasteiger partial charge is 0.493 e. The number of alkyl halides is 3. The molecule has 2 aromatic rings. The van der Waals surface area contributed by atoms with E-state index in [4.69, 9.17) is 14.2 Å². The van der Waals surface area contributed by atoms with Gasteiger partial charge in [0, 0.05) is 49.7 Å². The third kappa shape index (κ3) is 5.07. The summed E-state index contributed by atoms with van der Waals surface area (Å²) in [6.45, 7) is 1.88. The van der Waals surface area contributed by atoms with Crippen LogP contribution in [0.5, 0.6) is 17.2 Å². The van der Waals surface area contributed by atoms with E-state index in [-0.39, 0.29) is 5.69 Å². The molecule has 1 N–H and O–H groups in total. The highest BCUT2D eigenvalue weighted by Gasteiger charge is 2.31. The summed E-state index contributed by atoms with van der Waals surface area (Å²) < 4.78 is 54.7. The molecular formula is C21H24F3N3O4. The fourth-order valence-electron chi connectivity index (χ4n) is 3.39. The van der Waals surface area contributed by atoms with Gasteiger partial charge in [-0.2, -0.15) is 13.2 Å². The molecule has 0 bridgehead atoms. The minimum atomic E-state index is -4.47. The number of anilines is 2. The van der Waals surface area contributed by atoms with Crippen molar-refractivity contribution in [2.45, 2.75) is 6.18 Å². The van der Waals surface area contributed by atoms with Crippen molar-refractivity contribution in [3.63, 3.8) is 0 Å². The molecule has 0 aromatic heterocycles. The molecule has 1 saturated heterocycles. The third-order valence-corrected chi connectivity index (χ3v) is 5.02. The van der Waals surface area contributed by atoms with Crippen LogP contribution < -0.4 is 24.4 Å². The predicted octanol–water partition coefficient (Wildman–Crippen LogP) is 4.09. The van der Waals surface area contributed by atoms with Crippen LogP contribution in [-0.2, 0) is 6.18 Å². The maximum Gasteiger partial charge on any atom is 0.416 e. The van der Waals surface area contributed by atoms with E-state index in [0.717, 1.165) is 17.8 Å². The Balaban J connectivity index is 1.65. The standard InChI is InChI=1S/C21H24F3N3O4/c1-29-17-12-16(13-18(30-2)19(17)31-3)26-7-9-27(10-8-26)20(28)25-15-6-4-5-14(11-15)21(22,23)24/h4-6,11-13H,7-10H2,1-3H3,(H,25,28). The van der Waals surface area contributed by atoms with Crippen LogP contribution in [0.3, 0.4) is 0 Å². The number of halogens is 3. The maximum atomic E-state index is 12.9. The Morgan fingerprint density at radius 3 is 2.06 bits per heavy atom. The van der Waals surface area contributed by atoms with E-state index in [2.05, 4.69) is 10.2 Å². The molecule has 2 aromatic carbocycles. The predicted molar refractivity (Wildman–Crippen MR) is 110 cm³/mol. The van der Waals surface area contributed by atoms with Crippen LogP contribution >= 0.6 is 0 Å². The van der Waals surface area contributed by atoms with Crippen molar-refractivity contribution in [3.05, 3.63) is 42.0 Å². The molecular weight excluding hydrogens is 415 g/mol. The molecule has 0 unspecified atom stereocenters. The lowest BCUT2D eigenvalue weighted by molar-refractivity contribution is -0.137. The van der Waals surface area contributed by atoms with Crippen molar-refractivity contribution < 1.29 is 32.2 Å². The average molecular weight is 439 g/mol. The highest BCUT2D eigenvalue weighted by atomic mass is 19.4. The van der Waals surface area contributed by atoms with Gasteiger partial charge in [-0.3, -0.25) is 0 Å². The van der Waals surface area contributed by atoms with E-state index in [1.807, 2.05) is 12.1 Å². The first-order valence-corrected chi connectivity index (χ1v) is 9.55. The van der Waals surface area contributed by atoms with Gasteiger partial charge in [-0.15, -0.1) is 0 Å². The number of rotatable bonds is 5. The molecule has 2 amide bonds. The van der Waals surface area contributed by atoms with E-state index in [1.54, 1.807) is 4.90 Å². The van der Waals surface area contributed by atoms with Gasteiger partial charge in [0.1, 0.15) is 0 Å². The van der Waals surface area contributed by atoms with Gasteiger partial charge < -0.3 is 29.3 Å². The van der Waals surface area contributed by atoms with Crippen LogP contribution in [0.25, 0.3) is 0 Å². The van der Waals surface area contributed by atoms with E-state index in [0.29, 0.717) is 43.4 Å². The second-order valence-corrected chi connectivity index (χ2v) is 6.87. The number of nitrogens with one attached hydrogen (secondary N) is 1. The Hall–Kier alpha value is -3.30. The average Bonchev–Trinajstić information content (AvgIpc) is 2.77. The summed E-state index contributed by atoms with van der Waals surface area (Å²) in [6, 6.07) is 7.80. The number of methoxy groups -OCH3 is 3. The molecule has 1 heterocycles. The summed E-state index contributed by atoms with van der Waals surface area (Å²) in [5, 5.41) is 2.54. The number of hydrogen-bond acceptors (Lipinski definition) is 5. The van der Waals surface area contributed by atoms with Gasteiger partial charge in [0.2, 0.25) is 5.75 Å². The van der Waals surface area contributed by atoms with Gasteiger partial charge in [0.25, 0.3) is 0 Å². The lowest BCUT2D eigenvalue weighted by atomic mass is 10.2. The van der Waals surface area contributed by atoms with Crippen molar-refractivity contribution in [1.82, 2.24) is 4.90 Å². The minimum absolute atomic E-state index is 0.104. The Kier molecular flexibility index (Phi) is 6.67. The number of nitrogens with zero attached hydrogens (tertiary/aromatic N) is 2. The Morgan fingerprint density at radius 2 is 1.55 bits per heavy atom. The Labute approximate surface area is 178 Å². The highest BCUT2D eigenvalue weighted by molar-refractivity contribution is 5.89. The molecule has 7 nitrogen and oxygen atoms in total. The zero-order valence-corrected chi connectivity index (χ0v) is 17.5. The van der Waals surface area contributed by atoms with Crippen LogP contribution in [0.2, 0.25) is 0 Å². The fraction of sp³-hybridized carbons (Fsp3) is 0.381. The van der Waals surface area contributed by atoms with E-state index in [9.17, 15) is 18.0 Å². The van der Waals surface area contributed by atoms with Gasteiger partial charge in [-0.05, 0) is 18.2 Å². The quantitative estimate of drug-likeness (QED) is 0.761. The van der Waals surface area contributed by atoms with Crippen molar-refractivity contribution in [3.8, 4) is 17.2 Å². The lowest BCUT2D eigenvalue weighted by Gasteiger charge is -2.36. The highest BCUT2D eigenvalue weighted by Crippen LogP contribution is 2.41. The summed E-state index contributed by atoms with van der Waals surface area (Å²) in [7, 11) is 4.61. The number of ether oxygens (including phenoxy) is 3.